The number of hydrogen-bond donors (Lipinski definition) is 3. The molecule has 0 spiro atoms. The van der Waals surface area contributed by atoms with Crippen molar-refractivity contribution in [1.29, 1.82) is 0 Å². The Labute approximate surface area is 211 Å². The highest BCUT2D eigenvalue weighted by atomic mass is 16.3. The average Bonchev–Trinajstić information content (AvgIpc) is 3.61. The summed E-state index contributed by atoms with van der Waals surface area (Å²) in [5.41, 5.74) is 4.97. The first-order chi connectivity index (χ1) is 17.7. The first-order valence-electron chi connectivity index (χ1n) is 13.3. The van der Waals surface area contributed by atoms with Crippen LogP contribution in [0.1, 0.15) is 64.8 Å². The van der Waals surface area contributed by atoms with Crippen LogP contribution in [0, 0.1) is 5.41 Å². The molecule has 4 aromatic rings. The molecule has 1 aliphatic heterocycles. The minimum Gasteiger partial charge on any atom is -0.396 e. The molecule has 6 rings (SSSR count). The third kappa shape index (κ3) is 4.46. The normalized spacial score (nSPS) is 18.4. The molecule has 1 aromatic carbocycles. The van der Waals surface area contributed by atoms with Crippen LogP contribution in [-0.2, 0) is 0 Å². The number of hydrogen-bond acceptors (Lipinski definition) is 7. The molecule has 1 aliphatic carbocycles. The number of anilines is 1. The van der Waals surface area contributed by atoms with Crippen molar-refractivity contribution in [1.82, 2.24) is 29.5 Å². The first-order valence-corrected chi connectivity index (χ1v) is 13.3. The van der Waals surface area contributed by atoms with Gasteiger partial charge in [-0.05, 0) is 37.8 Å². The standard InChI is InChI=1S/C25H31N7O2.C2H6/c33-13-25(14-34)8-10-31(11-9-25)24-29-21(22-23(30-24)27-15-26-22)17-6-7-20-19(12-17)28-16-32(20)18-4-2-1-3-5-18;1-2/h6-7,12,15-16,18,33-34H,1-5,8-11,13-14H2,(H,26,27,29,30);1-2H3. The molecule has 9 heteroatoms. The number of piperidine rings is 1. The van der Waals surface area contributed by atoms with Crippen LogP contribution in [0.5, 0.6) is 0 Å². The third-order valence-electron chi connectivity index (χ3n) is 7.87. The number of fused-ring (bicyclic) bond motifs is 2. The van der Waals surface area contributed by atoms with Crippen molar-refractivity contribution in [3.05, 3.63) is 30.9 Å². The Balaban J connectivity index is 0.00000130. The fourth-order valence-corrected chi connectivity index (χ4v) is 5.55. The number of aromatic amines is 1. The zero-order chi connectivity index (χ0) is 25.1. The Kier molecular flexibility index (Phi) is 7.20. The number of aliphatic hydroxyl groups is 2. The summed E-state index contributed by atoms with van der Waals surface area (Å²) in [5, 5.41) is 19.5. The molecule has 3 aromatic heterocycles. The third-order valence-corrected chi connectivity index (χ3v) is 7.87. The van der Waals surface area contributed by atoms with Gasteiger partial charge in [0.15, 0.2) is 5.65 Å². The predicted molar refractivity (Wildman–Crippen MR) is 142 cm³/mol. The topological polar surface area (TPSA) is 116 Å². The number of H-pyrrole nitrogens is 1. The van der Waals surface area contributed by atoms with Crippen LogP contribution in [-0.4, -0.2) is 66.0 Å². The van der Waals surface area contributed by atoms with Crippen molar-refractivity contribution in [2.24, 2.45) is 5.41 Å². The number of aliphatic hydroxyl groups excluding tert-OH is 2. The molecular weight excluding hydrogens is 454 g/mol. The van der Waals surface area contributed by atoms with Crippen LogP contribution < -0.4 is 4.90 Å². The molecule has 0 unspecified atom stereocenters. The van der Waals surface area contributed by atoms with Crippen molar-refractivity contribution in [2.75, 3.05) is 31.2 Å². The van der Waals surface area contributed by atoms with Gasteiger partial charge in [-0.3, -0.25) is 0 Å². The van der Waals surface area contributed by atoms with Gasteiger partial charge in [0.25, 0.3) is 0 Å². The lowest BCUT2D eigenvalue weighted by molar-refractivity contribution is 0.0338. The zero-order valence-corrected chi connectivity index (χ0v) is 21.3. The smallest absolute Gasteiger partial charge is 0.228 e. The van der Waals surface area contributed by atoms with E-state index in [1.807, 2.05) is 20.2 Å². The number of nitrogens with one attached hydrogen (secondary N) is 1. The fourth-order valence-electron chi connectivity index (χ4n) is 5.55. The quantitative estimate of drug-likeness (QED) is 0.377. The van der Waals surface area contributed by atoms with Gasteiger partial charge in [-0.2, -0.15) is 4.98 Å². The van der Waals surface area contributed by atoms with Crippen LogP contribution in [0.3, 0.4) is 0 Å². The van der Waals surface area contributed by atoms with E-state index in [0.29, 0.717) is 43.6 Å². The monoisotopic (exact) mass is 491 g/mol. The molecule has 4 heterocycles. The lowest BCUT2D eigenvalue weighted by atomic mass is 9.80. The lowest BCUT2D eigenvalue weighted by Gasteiger charge is -2.39. The molecule has 3 N–H and O–H groups in total. The molecular formula is C27H37N7O2. The maximum absolute atomic E-state index is 9.74. The zero-order valence-electron chi connectivity index (χ0n) is 21.3. The van der Waals surface area contributed by atoms with E-state index in [2.05, 4.69) is 37.6 Å². The van der Waals surface area contributed by atoms with Crippen LogP contribution in [0.4, 0.5) is 5.95 Å². The summed E-state index contributed by atoms with van der Waals surface area (Å²) in [6, 6.07) is 6.93. The second-order valence-electron chi connectivity index (χ2n) is 9.92. The highest BCUT2D eigenvalue weighted by Gasteiger charge is 2.34. The van der Waals surface area contributed by atoms with E-state index in [1.165, 1.54) is 37.6 Å². The van der Waals surface area contributed by atoms with E-state index in [4.69, 9.17) is 15.0 Å². The molecule has 0 atom stereocenters. The Morgan fingerprint density at radius 3 is 2.47 bits per heavy atom. The van der Waals surface area contributed by atoms with Crippen molar-refractivity contribution in [3.63, 3.8) is 0 Å². The van der Waals surface area contributed by atoms with Gasteiger partial charge >= 0.3 is 0 Å². The second-order valence-corrected chi connectivity index (χ2v) is 9.92. The number of benzene rings is 1. The van der Waals surface area contributed by atoms with Gasteiger partial charge in [0.2, 0.25) is 5.95 Å². The van der Waals surface area contributed by atoms with Crippen molar-refractivity contribution in [2.45, 2.75) is 64.8 Å². The Morgan fingerprint density at radius 1 is 1.00 bits per heavy atom. The average molecular weight is 492 g/mol. The molecule has 2 fully saturated rings. The SMILES string of the molecule is CC.OCC1(CO)CCN(c2nc(-c3ccc4c(c3)ncn4C3CCCCC3)c3[nH]cnc3n2)CC1. The Bertz CT molecular complexity index is 1290. The van der Waals surface area contributed by atoms with Gasteiger partial charge in [0.05, 0.1) is 36.9 Å². The van der Waals surface area contributed by atoms with E-state index in [1.54, 1.807) is 6.33 Å². The molecule has 0 amide bonds. The van der Waals surface area contributed by atoms with Gasteiger partial charge in [-0.1, -0.05) is 39.2 Å². The molecule has 1 saturated heterocycles. The minimum atomic E-state index is -0.419. The molecule has 192 valence electrons. The molecule has 1 saturated carbocycles. The van der Waals surface area contributed by atoms with E-state index < -0.39 is 5.41 Å². The number of nitrogens with zero attached hydrogens (tertiary/aromatic N) is 6. The van der Waals surface area contributed by atoms with Gasteiger partial charge in [-0.15, -0.1) is 0 Å². The summed E-state index contributed by atoms with van der Waals surface area (Å²) in [6.45, 7) is 5.35. The summed E-state index contributed by atoms with van der Waals surface area (Å²) in [6.07, 6.45) is 11.4. The van der Waals surface area contributed by atoms with Crippen LogP contribution in [0.2, 0.25) is 0 Å². The number of rotatable bonds is 5. The highest BCUT2D eigenvalue weighted by Crippen LogP contribution is 2.35. The molecule has 0 radical (unpaired) electrons. The second kappa shape index (κ2) is 10.5. The van der Waals surface area contributed by atoms with Gasteiger partial charge in [0.1, 0.15) is 11.2 Å². The first kappa shape index (κ1) is 24.6. The number of imidazole rings is 2. The predicted octanol–water partition coefficient (Wildman–Crippen LogP) is 4.47. The van der Waals surface area contributed by atoms with Crippen LogP contribution in [0.25, 0.3) is 33.5 Å². The Hall–Kier alpha value is -3.04. The van der Waals surface area contributed by atoms with Crippen molar-refractivity contribution in [3.8, 4) is 11.3 Å². The summed E-state index contributed by atoms with van der Waals surface area (Å²) in [5.74, 6) is 0.631. The summed E-state index contributed by atoms with van der Waals surface area (Å²) < 4.78 is 2.35. The van der Waals surface area contributed by atoms with Crippen LogP contribution in [0.15, 0.2) is 30.9 Å². The molecule has 9 nitrogen and oxygen atoms in total. The summed E-state index contributed by atoms with van der Waals surface area (Å²) in [4.78, 5) is 24.1. The minimum absolute atomic E-state index is 0.00460. The van der Waals surface area contributed by atoms with Gasteiger partial charge < -0.3 is 24.7 Å². The maximum atomic E-state index is 9.74. The molecule has 36 heavy (non-hydrogen) atoms. The van der Waals surface area contributed by atoms with E-state index in [0.717, 1.165) is 22.3 Å². The fraction of sp³-hybridized carbons (Fsp3) is 0.556. The van der Waals surface area contributed by atoms with Crippen molar-refractivity contribution >= 4 is 28.1 Å². The van der Waals surface area contributed by atoms with E-state index in [9.17, 15) is 10.2 Å². The highest BCUT2D eigenvalue weighted by molar-refractivity contribution is 5.91. The molecule has 2 aliphatic rings. The molecule has 0 bridgehead atoms. The van der Waals surface area contributed by atoms with E-state index >= 15 is 0 Å². The van der Waals surface area contributed by atoms with Gasteiger partial charge in [-0.25, -0.2) is 15.0 Å². The van der Waals surface area contributed by atoms with E-state index in [-0.39, 0.29) is 13.2 Å². The summed E-state index contributed by atoms with van der Waals surface area (Å²) >= 11 is 0. The number of aromatic nitrogens is 6. The van der Waals surface area contributed by atoms with Crippen LogP contribution >= 0.6 is 0 Å². The maximum Gasteiger partial charge on any atom is 0.228 e. The van der Waals surface area contributed by atoms with Gasteiger partial charge in [0, 0.05) is 30.1 Å². The largest absolute Gasteiger partial charge is 0.396 e. The lowest BCUT2D eigenvalue weighted by Crippen LogP contribution is -2.44. The Morgan fingerprint density at radius 2 is 1.75 bits per heavy atom. The summed E-state index contributed by atoms with van der Waals surface area (Å²) in [7, 11) is 0. The van der Waals surface area contributed by atoms with Crippen molar-refractivity contribution < 1.29 is 10.2 Å².